The van der Waals surface area contributed by atoms with Crippen LogP contribution in [0, 0.1) is 6.92 Å². The van der Waals surface area contributed by atoms with E-state index in [9.17, 15) is 13.2 Å². The number of nitrogens with zero attached hydrogens (tertiary/aromatic N) is 1. The van der Waals surface area contributed by atoms with Crippen LogP contribution >= 0.6 is 0 Å². The van der Waals surface area contributed by atoms with Crippen LogP contribution in [0.25, 0.3) is 0 Å². The molecule has 2 rings (SSSR count). The van der Waals surface area contributed by atoms with E-state index in [0.29, 0.717) is 11.3 Å². The molecule has 140 valence electrons. The van der Waals surface area contributed by atoms with Gasteiger partial charge in [-0.3, -0.25) is 9.10 Å². The number of hydrogen-bond acceptors (Lipinski definition) is 3. The highest BCUT2D eigenvalue weighted by Crippen LogP contribution is 2.21. The first-order chi connectivity index (χ1) is 12.2. The van der Waals surface area contributed by atoms with E-state index in [-0.39, 0.29) is 18.5 Å². The van der Waals surface area contributed by atoms with Crippen LogP contribution in [-0.2, 0) is 16.6 Å². The van der Waals surface area contributed by atoms with Crippen LogP contribution in [-0.4, -0.2) is 26.6 Å². The van der Waals surface area contributed by atoms with Crippen LogP contribution in [0.1, 0.15) is 41.8 Å². The summed E-state index contributed by atoms with van der Waals surface area (Å²) in [7, 11) is -3.45. The third-order valence-electron chi connectivity index (χ3n) is 4.25. The first kappa shape index (κ1) is 20.0. The van der Waals surface area contributed by atoms with Crippen molar-refractivity contribution in [1.29, 1.82) is 0 Å². The standard InChI is InChI=1S/C20H26N2O3S/c1-5-16(3)21-20(23)18-10-12-19(13-11-18)22(26(4,24)25)14-17-8-6-15(2)7-9-17/h6-13,16H,5,14H2,1-4H3,(H,21,23). The van der Waals surface area contributed by atoms with Crippen molar-refractivity contribution >= 4 is 21.6 Å². The summed E-state index contributed by atoms with van der Waals surface area (Å²) in [5.74, 6) is -0.157. The van der Waals surface area contributed by atoms with Crippen molar-refractivity contribution in [1.82, 2.24) is 5.32 Å². The zero-order chi connectivity index (χ0) is 19.3. The second kappa shape index (κ2) is 8.36. The predicted octanol–water partition coefficient (Wildman–Crippen LogP) is 3.49. The number of rotatable bonds is 7. The summed E-state index contributed by atoms with van der Waals surface area (Å²) in [5.41, 5.74) is 3.07. The van der Waals surface area contributed by atoms with E-state index in [4.69, 9.17) is 0 Å². The monoisotopic (exact) mass is 374 g/mol. The minimum absolute atomic E-state index is 0.0937. The Bertz CT molecular complexity index is 844. The van der Waals surface area contributed by atoms with E-state index in [1.807, 2.05) is 45.0 Å². The Kier molecular flexibility index (Phi) is 6.42. The summed E-state index contributed by atoms with van der Waals surface area (Å²) in [6.45, 7) is 6.18. The molecule has 0 radical (unpaired) electrons. The summed E-state index contributed by atoms with van der Waals surface area (Å²) in [5, 5.41) is 2.90. The van der Waals surface area contributed by atoms with Gasteiger partial charge in [-0.15, -0.1) is 0 Å². The minimum Gasteiger partial charge on any atom is -0.350 e. The van der Waals surface area contributed by atoms with Gasteiger partial charge >= 0.3 is 0 Å². The fraction of sp³-hybridized carbons (Fsp3) is 0.350. The molecule has 2 aromatic rings. The third kappa shape index (κ3) is 5.33. The van der Waals surface area contributed by atoms with Gasteiger partial charge in [0.05, 0.1) is 18.5 Å². The van der Waals surface area contributed by atoms with Gasteiger partial charge in [-0.1, -0.05) is 36.8 Å². The van der Waals surface area contributed by atoms with Gasteiger partial charge in [0.15, 0.2) is 0 Å². The fourth-order valence-electron chi connectivity index (χ4n) is 2.45. The molecule has 0 saturated heterocycles. The average Bonchev–Trinajstić information content (AvgIpc) is 2.60. The van der Waals surface area contributed by atoms with Gasteiger partial charge in [0.1, 0.15) is 0 Å². The van der Waals surface area contributed by atoms with Crippen LogP contribution in [0.15, 0.2) is 48.5 Å². The van der Waals surface area contributed by atoms with Gasteiger partial charge in [-0.25, -0.2) is 8.42 Å². The number of hydrogen-bond donors (Lipinski definition) is 1. The normalized spacial score (nSPS) is 12.5. The Hall–Kier alpha value is -2.34. The highest BCUT2D eigenvalue weighted by molar-refractivity contribution is 7.92. The van der Waals surface area contributed by atoms with Gasteiger partial charge in [0.2, 0.25) is 10.0 Å². The van der Waals surface area contributed by atoms with E-state index in [2.05, 4.69) is 5.32 Å². The lowest BCUT2D eigenvalue weighted by molar-refractivity contribution is 0.0939. The molecule has 1 unspecified atom stereocenters. The van der Waals surface area contributed by atoms with Crippen molar-refractivity contribution in [3.63, 3.8) is 0 Å². The average molecular weight is 375 g/mol. The molecule has 0 aliphatic carbocycles. The Balaban J connectivity index is 2.23. The lowest BCUT2D eigenvalue weighted by atomic mass is 10.1. The topological polar surface area (TPSA) is 66.5 Å². The van der Waals surface area contributed by atoms with Crippen molar-refractivity contribution in [2.75, 3.05) is 10.6 Å². The maximum atomic E-state index is 12.3. The molecule has 1 N–H and O–H groups in total. The summed E-state index contributed by atoms with van der Waals surface area (Å²) in [6.07, 6.45) is 2.03. The zero-order valence-corrected chi connectivity index (χ0v) is 16.5. The van der Waals surface area contributed by atoms with E-state index in [1.165, 1.54) is 10.6 Å². The molecule has 1 atom stereocenters. The molecule has 0 saturated carbocycles. The second-order valence-electron chi connectivity index (χ2n) is 6.58. The number of aryl methyl sites for hydroxylation is 1. The molecule has 0 fully saturated rings. The van der Waals surface area contributed by atoms with Crippen LogP contribution in [0.4, 0.5) is 5.69 Å². The van der Waals surface area contributed by atoms with E-state index >= 15 is 0 Å². The van der Waals surface area contributed by atoms with Gasteiger partial charge in [0.25, 0.3) is 5.91 Å². The molecule has 0 bridgehead atoms. The van der Waals surface area contributed by atoms with E-state index < -0.39 is 10.0 Å². The highest BCUT2D eigenvalue weighted by Gasteiger charge is 2.18. The summed E-state index contributed by atoms with van der Waals surface area (Å²) < 4.78 is 25.8. The fourth-order valence-corrected chi connectivity index (χ4v) is 3.34. The maximum absolute atomic E-state index is 12.3. The van der Waals surface area contributed by atoms with Crippen LogP contribution in [0.3, 0.4) is 0 Å². The number of carbonyl (C=O) groups excluding carboxylic acids is 1. The maximum Gasteiger partial charge on any atom is 0.251 e. The van der Waals surface area contributed by atoms with Crippen molar-refractivity contribution in [2.24, 2.45) is 0 Å². The summed E-state index contributed by atoms with van der Waals surface area (Å²) >= 11 is 0. The number of anilines is 1. The Morgan fingerprint density at radius 2 is 1.65 bits per heavy atom. The zero-order valence-electron chi connectivity index (χ0n) is 15.7. The molecule has 0 spiro atoms. The molecule has 26 heavy (non-hydrogen) atoms. The van der Waals surface area contributed by atoms with Crippen molar-refractivity contribution < 1.29 is 13.2 Å². The second-order valence-corrected chi connectivity index (χ2v) is 8.49. The molecule has 5 nitrogen and oxygen atoms in total. The number of benzene rings is 2. The molecule has 1 amide bonds. The Labute approximate surface area is 156 Å². The quantitative estimate of drug-likeness (QED) is 0.807. The minimum atomic E-state index is -3.45. The first-order valence-corrected chi connectivity index (χ1v) is 10.5. The molecule has 0 heterocycles. The SMILES string of the molecule is CCC(C)NC(=O)c1ccc(N(Cc2ccc(C)cc2)S(C)(=O)=O)cc1. The van der Waals surface area contributed by atoms with Crippen molar-refractivity contribution in [3.8, 4) is 0 Å². The number of amides is 1. The molecule has 0 aromatic heterocycles. The van der Waals surface area contributed by atoms with Gasteiger partial charge < -0.3 is 5.32 Å². The number of carbonyl (C=O) groups is 1. The summed E-state index contributed by atoms with van der Waals surface area (Å²) in [4.78, 5) is 12.2. The Morgan fingerprint density at radius 3 is 2.15 bits per heavy atom. The van der Waals surface area contributed by atoms with Gasteiger partial charge in [-0.05, 0) is 50.1 Å². The van der Waals surface area contributed by atoms with Crippen LogP contribution in [0.5, 0.6) is 0 Å². The lowest BCUT2D eigenvalue weighted by Gasteiger charge is -2.23. The van der Waals surface area contributed by atoms with Crippen molar-refractivity contribution in [3.05, 3.63) is 65.2 Å². The van der Waals surface area contributed by atoms with Crippen molar-refractivity contribution in [2.45, 2.75) is 39.8 Å². The smallest absolute Gasteiger partial charge is 0.251 e. The highest BCUT2D eigenvalue weighted by atomic mass is 32.2. The first-order valence-electron chi connectivity index (χ1n) is 8.65. The number of sulfonamides is 1. The van der Waals surface area contributed by atoms with Crippen LogP contribution < -0.4 is 9.62 Å². The third-order valence-corrected chi connectivity index (χ3v) is 5.40. The van der Waals surface area contributed by atoms with E-state index in [1.54, 1.807) is 24.3 Å². The van der Waals surface area contributed by atoms with Gasteiger partial charge in [0, 0.05) is 11.6 Å². The summed E-state index contributed by atoms with van der Waals surface area (Å²) in [6, 6.07) is 14.5. The number of nitrogens with one attached hydrogen (secondary N) is 1. The molecular weight excluding hydrogens is 348 g/mol. The largest absolute Gasteiger partial charge is 0.350 e. The van der Waals surface area contributed by atoms with Crippen LogP contribution in [0.2, 0.25) is 0 Å². The molecule has 0 aliphatic heterocycles. The predicted molar refractivity (Wildman–Crippen MR) is 106 cm³/mol. The molecule has 2 aromatic carbocycles. The van der Waals surface area contributed by atoms with Gasteiger partial charge in [-0.2, -0.15) is 0 Å². The lowest BCUT2D eigenvalue weighted by Crippen LogP contribution is -2.32. The Morgan fingerprint density at radius 1 is 1.08 bits per heavy atom. The molecule has 0 aliphatic rings. The van der Waals surface area contributed by atoms with E-state index in [0.717, 1.165) is 17.5 Å². The molecular formula is C20H26N2O3S. The molecule has 6 heteroatoms.